The molecule has 1 aromatic rings. The molecule has 0 aromatic carbocycles. The number of carbonyl (C=O) groups is 1. The minimum atomic E-state index is -0.475. The van der Waals surface area contributed by atoms with Crippen molar-refractivity contribution in [3.05, 3.63) is 11.8 Å². The first-order valence-corrected chi connectivity index (χ1v) is 9.52. The van der Waals surface area contributed by atoms with E-state index in [0.29, 0.717) is 41.7 Å². The third-order valence-electron chi connectivity index (χ3n) is 6.22. The molecule has 138 valence electrons. The van der Waals surface area contributed by atoms with Gasteiger partial charge < -0.3 is 15.2 Å². The molecule has 2 unspecified atom stereocenters. The lowest BCUT2D eigenvalue weighted by atomic mass is 9.52. The fourth-order valence-electron chi connectivity index (χ4n) is 5.45. The molecular weight excluding hydrogens is 318 g/mol. The van der Waals surface area contributed by atoms with Crippen LogP contribution in [0.4, 0.5) is 0 Å². The van der Waals surface area contributed by atoms with Crippen molar-refractivity contribution in [1.29, 1.82) is 0 Å². The minimum absolute atomic E-state index is 0.101. The molecule has 6 nitrogen and oxygen atoms in total. The van der Waals surface area contributed by atoms with Gasteiger partial charge in [0.05, 0.1) is 18.4 Å². The third kappa shape index (κ3) is 3.05. The molecule has 4 aliphatic carbocycles. The van der Waals surface area contributed by atoms with Crippen LogP contribution in [0.3, 0.4) is 0 Å². The molecule has 1 heterocycles. The number of nitrogens with zero attached hydrogens (tertiary/aromatic N) is 2. The van der Waals surface area contributed by atoms with Gasteiger partial charge in [0.25, 0.3) is 5.91 Å². The summed E-state index contributed by atoms with van der Waals surface area (Å²) in [4.78, 5) is 12.9. The molecule has 0 radical (unpaired) electrons. The van der Waals surface area contributed by atoms with E-state index < -0.39 is 5.60 Å². The Morgan fingerprint density at radius 1 is 1.40 bits per heavy atom. The normalized spacial score (nSPS) is 36.0. The van der Waals surface area contributed by atoms with Gasteiger partial charge >= 0.3 is 0 Å². The second-order valence-electron chi connectivity index (χ2n) is 8.89. The van der Waals surface area contributed by atoms with Crippen LogP contribution in [0.15, 0.2) is 6.20 Å². The smallest absolute Gasteiger partial charge is 0.258 e. The number of hydrogen-bond donors (Lipinski definition) is 2. The van der Waals surface area contributed by atoms with E-state index in [1.165, 1.54) is 0 Å². The van der Waals surface area contributed by atoms with Crippen molar-refractivity contribution < 1.29 is 14.6 Å². The Morgan fingerprint density at radius 2 is 2.08 bits per heavy atom. The maximum atomic E-state index is 12.9. The van der Waals surface area contributed by atoms with Crippen molar-refractivity contribution in [2.75, 3.05) is 6.61 Å². The van der Waals surface area contributed by atoms with E-state index in [2.05, 4.69) is 24.3 Å². The van der Waals surface area contributed by atoms with E-state index in [9.17, 15) is 9.90 Å². The monoisotopic (exact) mass is 347 g/mol. The molecule has 5 rings (SSSR count). The van der Waals surface area contributed by atoms with E-state index in [1.54, 1.807) is 17.9 Å². The Balaban J connectivity index is 1.48. The molecule has 0 spiro atoms. The number of ether oxygens (including phenoxy) is 1. The highest BCUT2D eigenvalue weighted by Crippen LogP contribution is 2.55. The number of carbonyl (C=O) groups excluding carboxylic acids is 1. The van der Waals surface area contributed by atoms with E-state index >= 15 is 0 Å². The van der Waals surface area contributed by atoms with Crippen LogP contribution in [-0.2, 0) is 7.05 Å². The summed E-state index contributed by atoms with van der Waals surface area (Å²) >= 11 is 0. The summed E-state index contributed by atoms with van der Waals surface area (Å²) in [6.45, 7) is 4.72. The molecule has 4 fully saturated rings. The first-order valence-electron chi connectivity index (χ1n) is 9.52. The highest BCUT2D eigenvalue weighted by molar-refractivity contribution is 5.96. The topological polar surface area (TPSA) is 76.4 Å². The van der Waals surface area contributed by atoms with Crippen molar-refractivity contribution in [3.8, 4) is 5.88 Å². The molecule has 2 N–H and O–H groups in total. The molecular formula is C19H29N3O3. The number of amides is 1. The van der Waals surface area contributed by atoms with Crippen LogP contribution < -0.4 is 10.1 Å². The molecule has 1 amide bonds. The van der Waals surface area contributed by atoms with Gasteiger partial charge in [0.2, 0.25) is 5.88 Å². The van der Waals surface area contributed by atoms with Gasteiger partial charge in [-0.3, -0.25) is 4.79 Å². The molecule has 25 heavy (non-hydrogen) atoms. The van der Waals surface area contributed by atoms with Gasteiger partial charge in [0.15, 0.2) is 0 Å². The second-order valence-corrected chi connectivity index (χ2v) is 8.89. The minimum Gasteiger partial charge on any atom is -0.477 e. The first kappa shape index (κ1) is 16.9. The number of aryl methyl sites for hydroxylation is 1. The SMILES string of the molecule is CC(C)COc1c(C(=O)NC2C3CC4CC2CC(O)(C4)C3)cnn1C. The predicted molar refractivity (Wildman–Crippen MR) is 93.3 cm³/mol. The highest BCUT2D eigenvalue weighted by Gasteiger charge is 2.55. The summed E-state index contributed by atoms with van der Waals surface area (Å²) in [6, 6.07) is 0.169. The first-order chi connectivity index (χ1) is 11.8. The molecule has 4 aliphatic rings. The summed E-state index contributed by atoms with van der Waals surface area (Å²) in [6.07, 6.45) is 6.47. The lowest BCUT2D eigenvalue weighted by molar-refractivity contribution is -0.136. The summed E-state index contributed by atoms with van der Waals surface area (Å²) in [7, 11) is 1.80. The van der Waals surface area contributed by atoms with Crippen LogP contribution >= 0.6 is 0 Å². The van der Waals surface area contributed by atoms with E-state index in [4.69, 9.17) is 4.74 Å². The average molecular weight is 347 g/mol. The van der Waals surface area contributed by atoms with Crippen molar-refractivity contribution in [1.82, 2.24) is 15.1 Å². The van der Waals surface area contributed by atoms with Crippen molar-refractivity contribution in [3.63, 3.8) is 0 Å². The summed E-state index contributed by atoms with van der Waals surface area (Å²) in [5.74, 6) is 2.26. The molecule has 6 heteroatoms. The number of aliphatic hydroxyl groups is 1. The zero-order chi connectivity index (χ0) is 17.8. The molecule has 4 saturated carbocycles. The zero-order valence-electron chi connectivity index (χ0n) is 15.4. The average Bonchev–Trinajstić information content (AvgIpc) is 2.88. The summed E-state index contributed by atoms with van der Waals surface area (Å²) in [5.41, 5.74) is 0.0352. The van der Waals surface area contributed by atoms with Crippen molar-refractivity contribution >= 4 is 5.91 Å². The van der Waals surface area contributed by atoms with Crippen LogP contribution in [0.25, 0.3) is 0 Å². The number of nitrogens with one attached hydrogen (secondary N) is 1. The molecule has 0 saturated heterocycles. The lowest BCUT2D eigenvalue weighted by Crippen LogP contribution is -2.61. The fraction of sp³-hybridized carbons (Fsp3) is 0.789. The summed E-state index contributed by atoms with van der Waals surface area (Å²) < 4.78 is 7.44. The number of rotatable bonds is 5. The molecule has 0 aliphatic heterocycles. The highest BCUT2D eigenvalue weighted by atomic mass is 16.5. The van der Waals surface area contributed by atoms with Crippen LogP contribution in [0.1, 0.15) is 56.3 Å². The fourth-order valence-corrected chi connectivity index (χ4v) is 5.45. The number of hydrogen-bond acceptors (Lipinski definition) is 4. The maximum Gasteiger partial charge on any atom is 0.258 e. The Morgan fingerprint density at radius 3 is 2.68 bits per heavy atom. The summed E-state index contributed by atoms with van der Waals surface area (Å²) in [5, 5.41) is 18.2. The standard InChI is InChI=1S/C19H29N3O3/c1-11(2)10-25-18-15(9-20-22(18)3)17(23)21-16-13-4-12-5-14(16)8-19(24,6-12)7-13/h9,11-14,16,24H,4-8,10H2,1-3H3,(H,21,23). The Kier molecular flexibility index (Phi) is 4.06. The van der Waals surface area contributed by atoms with E-state index in [1.807, 2.05) is 0 Å². The lowest BCUT2D eigenvalue weighted by Gasteiger charge is -2.58. The molecule has 2 atom stereocenters. The van der Waals surface area contributed by atoms with Crippen LogP contribution in [0.2, 0.25) is 0 Å². The van der Waals surface area contributed by atoms with Gasteiger partial charge in [-0.1, -0.05) is 13.8 Å². The van der Waals surface area contributed by atoms with Crippen molar-refractivity contribution in [2.24, 2.45) is 30.7 Å². The van der Waals surface area contributed by atoms with Crippen LogP contribution in [0.5, 0.6) is 5.88 Å². The Bertz CT molecular complexity index is 653. The van der Waals surface area contributed by atoms with Gasteiger partial charge in [-0.2, -0.15) is 5.10 Å². The molecule has 4 bridgehead atoms. The zero-order valence-corrected chi connectivity index (χ0v) is 15.4. The quantitative estimate of drug-likeness (QED) is 0.855. The van der Waals surface area contributed by atoms with Gasteiger partial charge in [-0.25, -0.2) is 4.68 Å². The van der Waals surface area contributed by atoms with E-state index in [0.717, 1.165) is 32.1 Å². The predicted octanol–water partition coefficient (Wildman–Crippen LogP) is 2.12. The Labute approximate surface area is 148 Å². The maximum absolute atomic E-state index is 12.9. The largest absolute Gasteiger partial charge is 0.477 e. The van der Waals surface area contributed by atoms with Crippen LogP contribution in [0, 0.1) is 23.7 Å². The van der Waals surface area contributed by atoms with Gasteiger partial charge in [0.1, 0.15) is 5.56 Å². The Hall–Kier alpha value is -1.56. The van der Waals surface area contributed by atoms with Gasteiger partial charge in [0, 0.05) is 13.1 Å². The number of aromatic nitrogens is 2. The molecule has 1 aromatic heterocycles. The van der Waals surface area contributed by atoms with E-state index in [-0.39, 0.29) is 11.9 Å². The van der Waals surface area contributed by atoms with Crippen LogP contribution in [-0.4, -0.2) is 39.0 Å². The van der Waals surface area contributed by atoms with Gasteiger partial charge in [-0.15, -0.1) is 0 Å². The van der Waals surface area contributed by atoms with Gasteiger partial charge in [-0.05, 0) is 55.8 Å². The third-order valence-corrected chi connectivity index (χ3v) is 6.22. The van der Waals surface area contributed by atoms with Crippen molar-refractivity contribution in [2.45, 2.75) is 57.6 Å². The second kappa shape index (κ2) is 6.01.